The molecule has 0 spiro atoms. The summed E-state index contributed by atoms with van der Waals surface area (Å²) < 4.78 is 9.62. The Balaban J connectivity index is 1.48. The van der Waals surface area contributed by atoms with Crippen molar-refractivity contribution in [2.24, 2.45) is 7.05 Å². The first-order valence-corrected chi connectivity index (χ1v) is 12.7. The average Bonchev–Trinajstić information content (AvgIpc) is 3.53. The normalized spacial score (nSPS) is 11.8. The van der Waals surface area contributed by atoms with Crippen LogP contribution >= 0.6 is 0 Å². The molecule has 0 aliphatic carbocycles. The highest BCUT2D eigenvalue weighted by Crippen LogP contribution is 2.30. The molecule has 0 fully saturated rings. The fourth-order valence-corrected chi connectivity index (χ4v) is 4.75. The number of rotatable bonds is 4. The minimum absolute atomic E-state index is 0.233. The number of nitrogens with zero attached hydrogens (tertiary/aromatic N) is 5. The lowest BCUT2D eigenvalue weighted by Crippen LogP contribution is -2.28. The van der Waals surface area contributed by atoms with Gasteiger partial charge >= 0.3 is 0 Å². The summed E-state index contributed by atoms with van der Waals surface area (Å²) in [6.07, 6.45) is 5.15. The first-order valence-electron chi connectivity index (χ1n) is 12.7. The fourth-order valence-electron chi connectivity index (χ4n) is 4.75. The molecule has 4 aromatic heterocycles. The Hall–Kier alpha value is -5.49. The molecule has 0 aliphatic heterocycles. The Bertz CT molecular complexity index is 2030. The lowest BCUT2D eigenvalue weighted by molar-refractivity contribution is 0.0936. The number of fused-ring (bicyclic) bond motifs is 2. The van der Waals surface area contributed by atoms with Gasteiger partial charge in [0, 0.05) is 31.2 Å². The Morgan fingerprint density at radius 2 is 1.82 bits per heavy atom. The third-order valence-electron chi connectivity index (χ3n) is 6.59. The molecule has 0 radical (unpaired) electrons. The smallest absolute Gasteiger partial charge is 0.257 e. The van der Waals surface area contributed by atoms with Gasteiger partial charge in [-0.1, -0.05) is 42.3 Å². The summed E-state index contributed by atoms with van der Waals surface area (Å²) in [6, 6.07) is 17.5. The number of hydrogen-bond acceptors (Lipinski definition) is 6. The molecule has 0 aliphatic rings. The summed E-state index contributed by atoms with van der Waals surface area (Å²) in [5.74, 6) is 6.09. The van der Waals surface area contributed by atoms with E-state index in [0.717, 1.165) is 0 Å². The third-order valence-corrected chi connectivity index (χ3v) is 6.59. The van der Waals surface area contributed by atoms with Crippen LogP contribution in [0.2, 0.25) is 0 Å². The van der Waals surface area contributed by atoms with E-state index in [4.69, 9.17) is 4.42 Å². The van der Waals surface area contributed by atoms with E-state index in [9.17, 15) is 9.59 Å². The van der Waals surface area contributed by atoms with Gasteiger partial charge in [0.25, 0.3) is 5.91 Å². The van der Waals surface area contributed by atoms with E-state index in [1.165, 1.54) is 0 Å². The van der Waals surface area contributed by atoms with E-state index in [0.29, 0.717) is 56.0 Å². The van der Waals surface area contributed by atoms with Gasteiger partial charge < -0.3 is 9.73 Å². The van der Waals surface area contributed by atoms with Crippen LogP contribution in [0, 0.1) is 18.8 Å². The molecule has 9 heteroatoms. The van der Waals surface area contributed by atoms with Crippen molar-refractivity contribution in [2.75, 3.05) is 0 Å². The van der Waals surface area contributed by atoms with Crippen LogP contribution < -0.4 is 10.7 Å². The van der Waals surface area contributed by atoms with E-state index in [1.807, 2.05) is 43.6 Å². The van der Waals surface area contributed by atoms with Gasteiger partial charge in [-0.3, -0.25) is 14.3 Å². The number of hydrogen-bond donors (Lipinski definition) is 1. The van der Waals surface area contributed by atoms with Gasteiger partial charge in [0.15, 0.2) is 5.65 Å². The number of amides is 1. The van der Waals surface area contributed by atoms with Crippen LogP contribution in [-0.4, -0.2) is 30.3 Å². The van der Waals surface area contributed by atoms with Gasteiger partial charge in [0.05, 0.1) is 22.7 Å². The molecule has 196 valence electrons. The summed E-state index contributed by atoms with van der Waals surface area (Å²) in [5.41, 5.74) is 3.67. The lowest BCUT2D eigenvalue weighted by atomic mass is 9.97. The number of carbonyl (C=O) groups excluding carboxylic acids is 1. The van der Waals surface area contributed by atoms with E-state index in [2.05, 4.69) is 32.3 Å². The highest BCUT2D eigenvalue weighted by molar-refractivity contribution is 6.01. The van der Waals surface area contributed by atoms with Crippen molar-refractivity contribution in [3.05, 3.63) is 118 Å². The standard InChI is InChI=1S/C31H24N6O3/c1-19-25(30-32-16-8-17-37(30)34-19)31(39)33-20(2)29-27(21-9-5-4-6-10-21)28(38)26-22(11-7-12-24(26)40-29)13-14-23-15-18-36(3)35-23/h4-12,15-18,20H,1-3H3,(H,33,39). The molecule has 0 bridgehead atoms. The maximum Gasteiger partial charge on any atom is 0.257 e. The van der Waals surface area contributed by atoms with E-state index in [1.54, 1.807) is 65.8 Å². The molecule has 1 atom stereocenters. The zero-order valence-electron chi connectivity index (χ0n) is 22.0. The van der Waals surface area contributed by atoms with Gasteiger partial charge in [0.2, 0.25) is 5.43 Å². The number of nitrogens with one attached hydrogen (secondary N) is 1. The van der Waals surface area contributed by atoms with Crippen molar-refractivity contribution in [1.29, 1.82) is 0 Å². The predicted octanol–water partition coefficient (Wildman–Crippen LogP) is 4.44. The quantitative estimate of drug-likeness (QED) is 0.339. The minimum Gasteiger partial charge on any atom is -0.458 e. The minimum atomic E-state index is -0.652. The van der Waals surface area contributed by atoms with Crippen LogP contribution in [0.25, 0.3) is 27.7 Å². The van der Waals surface area contributed by atoms with E-state index >= 15 is 0 Å². The highest BCUT2D eigenvalue weighted by atomic mass is 16.3. The Morgan fingerprint density at radius 1 is 1.00 bits per heavy atom. The second-order valence-electron chi connectivity index (χ2n) is 9.38. The average molecular weight is 529 g/mol. The summed E-state index contributed by atoms with van der Waals surface area (Å²) >= 11 is 0. The third kappa shape index (κ3) is 4.41. The van der Waals surface area contributed by atoms with Crippen molar-refractivity contribution in [1.82, 2.24) is 29.7 Å². The van der Waals surface area contributed by atoms with Crippen LogP contribution in [0.4, 0.5) is 0 Å². The molecule has 0 saturated carbocycles. The summed E-state index contributed by atoms with van der Waals surface area (Å²) in [5, 5.41) is 12.0. The lowest BCUT2D eigenvalue weighted by Gasteiger charge is -2.18. The zero-order valence-corrected chi connectivity index (χ0v) is 22.0. The second kappa shape index (κ2) is 10.0. The van der Waals surface area contributed by atoms with Crippen LogP contribution in [0.5, 0.6) is 0 Å². The predicted molar refractivity (Wildman–Crippen MR) is 151 cm³/mol. The van der Waals surface area contributed by atoms with E-state index < -0.39 is 6.04 Å². The van der Waals surface area contributed by atoms with E-state index in [-0.39, 0.29) is 11.3 Å². The van der Waals surface area contributed by atoms with Crippen LogP contribution in [0.15, 0.2) is 88.5 Å². The molecule has 1 N–H and O–H groups in total. The number of benzene rings is 2. The molecule has 4 heterocycles. The van der Waals surface area contributed by atoms with Crippen LogP contribution in [0.1, 0.15) is 46.0 Å². The SMILES string of the molecule is Cc1nn2cccnc2c1C(=O)NC(C)c1oc2cccc(C#Cc3ccn(C)n3)c2c(=O)c1-c1ccccc1. The van der Waals surface area contributed by atoms with Gasteiger partial charge in [0.1, 0.15) is 22.6 Å². The molecule has 1 unspecified atom stereocenters. The summed E-state index contributed by atoms with van der Waals surface area (Å²) in [7, 11) is 1.82. The largest absolute Gasteiger partial charge is 0.458 e. The first-order chi connectivity index (χ1) is 19.4. The molecule has 1 amide bonds. The summed E-state index contributed by atoms with van der Waals surface area (Å²) in [6.45, 7) is 3.54. The Kier molecular flexibility index (Phi) is 6.21. The van der Waals surface area contributed by atoms with Crippen molar-refractivity contribution in [2.45, 2.75) is 19.9 Å². The molecular weight excluding hydrogens is 504 g/mol. The highest BCUT2D eigenvalue weighted by Gasteiger charge is 2.26. The zero-order chi connectivity index (χ0) is 27.8. The van der Waals surface area contributed by atoms with Gasteiger partial charge in [-0.15, -0.1) is 0 Å². The second-order valence-corrected chi connectivity index (χ2v) is 9.38. The molecule has 2 aromatic carbocycles. The molecule has 6 rings (SSSR count). The molecule has 40 heavy (non-hydrogen) atoms. The van der Waals surface area contributed by atoms with Gasteiger partial charge in [-0.25, -0.2) is 9.50 Å². The van der Waals surface area contributed by atoms with Crippen LogP contribution in [-0.2, 0) is 7.05 Å². The number of aryl methyl sites for hydroxylation is 2. The van der Waals surface area contributed by atoms with Crippen molar-refractivity contribution in [3.63, 3.8) is 0 Å². The maximum atomic E-state index is 14.2. The molecule has 0 saturated heterocycles. The number of carbonyl (C=O) groups is 1. The maximum absolute atomic E-state index is 14.2. The van der Waals surface area contributed by atoms with Crippen molar-refractivity contribution < 1.29 is 9.21 Å². The van der Waals surface area contributed by atoms with Gasteiger partial charge in [-0.2, -0.15) is 10.2 Å². The molecule has 9 nitrogen and oxygen atoms in total. The van der Waals surface area contributed by atoms with Gasteiger partial charge in [-0.05, 0) is 49.6 Å². The number of aromatic nitrogens is 5. The molecular formula is C31H24N6O3. The monoisotopic (exact) mass is 528 g/mol. The summed E-state index contributed by atoms with van der Waals surface area (Å²) in [4.78, 5) is 31.9. The molecule has 6 aromatic rings. The van der Waals surface area contributed by atoms with Crippen molar-refractivity contribution >= 4 is 22.5 Å². The first kappa shape index (κ1) is 24.8. The van der Waals surface area contributed by atoms with Crippen molar-refractivity contribution in [3.8, 4) is 23.0 Å². The Labute approximate surface area is 229 Å². The topological polar surface area (TPSA) is 107 Å². The van der Waals surface area contributed by atoms with Crippen LogP contribution in [0.3, 0.4) is 0 Å². The fraction of sp³-hybridized carbons (Fsp3) is 0.129. The Morgan fingerprint density at radius 3 is 2.60 bits per heavy atom.